The van der Waals surface area contributed by atoms with Gasteiger partial charge in [0.15, 0.2) is 0 Å². The normalized spacial score (nSPS) is 12.4. The predicted molar refractivity (Wildman–Crippen MR) is 129 cm³/mol. The fourth-order valence-electron chi connectivity index (χ4n) is 2.66. The molecule has 0 fully saturated rings. The Hall–Kier alpha value is -2.28. The second-order valence-corrected chi connectivity index (χ2v) is 16.0. The number of nitrogens with zero attached hydrogens (tertiary/aromatic N) is 1. The van der Waals surface area contributed by atoms with Crippen molar-refractivity contribution in [3.63, 3.8) is 0 Å². The molecule has 0 radical (unpaired) electrons. The second-order valence-electron chi connectivity index (χ2n) is 6.88. The van der Waals surface area contributed by atoms with Gasteiger partial charge < -0.3 is 0 Å². The molecule has 10 heteroatoms. The summed E-state index contributed by atoms with van der Waals surface area (Å²) in [6.45, 7) is 4.71. The summed E-state index contributed by atoms with van der Waals surface area (Å²) < 4.78 is 61.1. The van der Waals surface area contributed by atoms with E-state index in [4.69, 9.17) is 3.07 Å². The molecule has 0 aliphatic heterocycles. The van der Waals surface area contributed by atoms with Crippen molar-refractivity contribution in [2.75, 3.05) is 0 Å². The maximum absolute atomic E-state index is 13.7. The van der Waals surface area contributed by atoms with Crippen molar-refractivity contribution in [2.24, 2.45) is 0 Å². The van der Waals surface area contributed by atoms with E-state index in [1.807, 2.05) is 0 Å². The SMILES string of the molecule is CC(=O)OI(c1ccccc1)N(S(=O)(=O)c1ccc(C)cc1)S(=O)(=O)c1ccc(C)cc1. The molecule has 0 unspecified atom stereocenters. The van der Waals surface area contributed by atoms with Crippen LogP contribution in [-0.2, 0) is 27.9 Å². The topological polar surface area (TPSA) is 97.8 Å². The first-order valence-corrected chi connectivity index (χ1v) is 15.2. The van der Waals surface area contributed by atoms with Crippen LogP contribution in [0.5, 0.6) is 0 Å². The number of hydrogen-bond acceptors (Lipinski definition) is 6. The van der Waals surface area contributed by atoms with Crippen molar-refractivity contribution in [3.05, 3.63) is 93.6 Å². The van der Waals surface area contributed by atoms with Crippen LogP contribution < -0.4 is 0 Å². The van der Waals surface area contributed by atoms with Gasteiger partial charge in [0.05, 0.1) is 0 Å². The van der Waals surface area contributed by atoms with Crippen LogP contribution in [0.25, 0.3) is 0 Å². The standard InChI is InChI=1S/C22H22INO6S2/c1-17-9-13-21(14-10-17)31(26,27)24(32(28,29)22-15-11-18(2)12-16-22)23(30-19(3)25)20-7-5-4-6-8-20/h4-16H,1-3H3. The zero-order chi connectivity index (χ0) is 23.5. The van der Waals surface area contributed by atoms with E-state index in [1.54, 1.807) is 68.4 Å². The fraction of sp³-hybridized carbons (Fsp3) is 0.136. The van der Waals surface area contributed by atoms with Gasteiger partial charge >= 0.3 is 197 Å². The van der Waals surface area contributed by atoms with E-state index in [1.165, 1.54) is 24.3 Å². The van der Waals surface area contributed by atoms with E-state index in [0.29, 0.717) is 5.49 Å². The summed E-state index contributed by atoms with van der Waals surface area (Å²) in [4.78, 5) is 11.5. The van der Waals surface area contributed by atoms with Crippen LogP contribution in [0.4, 0.5) is 0 Å². The molecule has 0 aromatic heterocycles. The number of hydrogen-bond donors (Lipinski definition) is 0. The summed E-state index contributed by atoms with van der Waals surface area (Å²) >= 11 is -3.81. The third kappa shape index (κ3) is 5.20. The average molecular weight is 587 g/mol. The zero-order valence-electron chi connectivity index (χ0n) is 17.6. The Morgan fingerprint density at radius 2 is 1.12 bits per heavy atom. The Morgan fingerprint density at radius 1 is 0.719 bits per heavy atom. The first kappa shape index (κ1) is 24.4. The van der Waals surface area contributed by atoms with Crippen LogP contribution in [0.3, 0.4) is 0 Å². The average Bonchev–Trinajstić information content (AvgIpc) is 2.74. The molecule has 0 saturated heterocycles. The van der Waals surface area contributed by atoms with Gasteiger partial charge in [-0.1, -0.05) is 0 Å². The Balaban J connectivity index is 2.30. The molecule has 0 atom stereocenters. The van der Waals surface area contributed by atoms with Gasteiger partial charge in [0.2, 0.25) is 0 Å². The number of benzene rings is 3. The van der Waals surface area contributed by atoms with Crippen LogP contribution in [-0.4, -0.2) is 24.7 Å². The number of aryl methyl sites for hydroxylation is 2. The van der Waals surface area contributed by atoms with E-state index in [-0.39, 0.29) is 9.79 Å². The summed E-state index contributed by atoms with van der Waals surface area (Å²) in [7, 11) is -9.18. The Kier molecular flexibility index (Phi) is 7.38. The van der Waals surface area contributed by atoms with Crippen molar-refractivity contribution in [1.29, 1.82) is 0 Å². The molecule has 0 spiro atoms. The fourth-order valence-corrected chi connectivity index (χ4v) is 14.0. The Labute approximate surface area is 196 Å². The minimum absolute atomic E-state index is 0.204. The third-order valence-corrected chi connectivity index (χ3v) is 16.2. The first-order chi connectivity index (χ1) is 15.0. The van der Waals surface area contributed by atoms with Crippen molar-refractivity contribution in [2.45, 2.75) is 30.6 Å². The molecule has 0 bridgehead atoms. The Morgan fingerprint density at radius 3 is 1.50 bits per heavy atom. The van der Waals surface area contributed by atoms with Crippen LogP contribution in [0, 0.1) is 17.4 Å². The summed E-state index contributed by atoms with van der Waals surface area (Å²) in [5.41, 5.74) is 1.63. The molecule has 3 rings (SSSR count). The van der Waals surface area contributed by atoms with Gasteiger partial charge in [-0.15, -0.1) is 0 Å². The van der Waals surface area contributed by atoms with Gasteiger partial charge in [-0.3, -0.25) is 0 Å². The van der Waals surface area contributed by atoms with Gasteiger partial charge in [0.25, 0.3) is 0 Å². The molecule has 0 N–H and O–H groups in total. The molecular weight excluding hydrogens is 565 g/mol. The van der Waals surface area contributed by atoms with Gasteiger partial charge in [-0.2, -0.15) is 0 Å². The van der Waals surface area contributed by atoms with Crippen molar-refractivity contribution < 1.29 is 24.7 Å². The number of rotatable bonds is 7. The molecule has 0 saturated carbocycles. The Bertz CT molecular complexity index is 1230. The van der Waals surface area contributed by atoms with E-state index in [2.05, 4.69) is 0 Å². The van der Waals surface area contributed by atoms with Gasteiger partial charge in [-0.25, -0.2) is 0 Å². The molecule has 0 aliphatic rings. The van der Waals surface area contributed by atoms with E-state index in [9.17, 15) is 21.6 Å². The number of halogens is 1. The molecule has 0 heterocycles. The monoisotopic (exact) mass is 587 g/mol. The molecular formula is C22H22INO6S2. The van der Waals surface area contributed by atoms with Crippen molar-refractivity contribution in [3.8, 4) is 0 Å². The summed E-state index contributed by atoms with van der Waals surface area (Å²) in [5.74, 6) is -0.762. The van der Waals surface area contributed by atoms with Crippen molar-refractivity contribution >= 4 is 46.5 Å². The van der Waals surface area contributed by atoms with Gasteiger partial charge in [0.1, 0.15) is 0 Å². The molecule has 32 heavy (non-hydrogen) atoms. The van der Waals surface area contributed by atoms with Crippen LogP contribution in [0.2, 0.25) is 0 Å². The van der Waals surface area contributed by atoms with E-state index >= 15 is 0 Å². The summed E-state index contributed by atoms with van der Waals surface area (Å²) in [5, 5.41) is 0. The van der Waals surface area contributed by atoms with Crippen LogP contribution >= 0.6 is 20.5 Å². The number of carbonyl (C=O) groups excluding carboxylic acids is 1. The first-order valence-electron chi connectivity index (χ1n) is 9.41. The number of carbonyl (C=O) groups is 1. The molecule has 3 aromatic rings. The molecule has 3 aromatic carbocycles. The minimum atomic E-state index is -4.59. The van der Waals surface area contributed by atoms with Crippen molar-refractivity contribution in [1.82, 2.24) is 1.92 Å². The number of sulfonamides is 2. The third-order valence-electron chi connectivity index (χ3n) is 4.24. The summed E-state index contributed by atoms with van der Waals surface area (Å²) in [6, 6.07) is 19.8. The molecule has 0 amide bonds. The van der Waals surface area contributed by atoms with E-state index in [0.717, 1.165) is 18.1 Å². The van der Waals surface area contributed by atoms with E-state index < -0.39 is 46.5 Å². The zero-order valence-corrected chi connectivity index (χ0v) is 21.4. The summed E-state index contributed by atoms with van der Waals surface area (Å²) in [6.07, 6.45) is 0. The maximum atomic E-state index is 13.7. The van der Waals surface area contributed by atoms with Crippen LogP contribution in [0.15, 0.2) is 88.7 Å². The van der Waals surface area contributed by atoms with Gasteiger partial charge in [0, 0.05) is 0 Å². The predicted octanol–water partition coefficient (Wildman–Crippen LogP) is 4.45. The second kappa shape index (κ2) is 9.69. The van der Waals surface area contributed by atoms with Crippen LogP contribution in [0.1, 0.15) is 18.1 Å². The van der Waals surface area contributed by atoms with Gasteiger partial charge in [-0.05, 0) is 0 Å². The molecule has 0 aliphatic carbocycles. The molecule has 170 valence electrons. The molecule has 7 nitrogen and oxygen atoms in total. The quantitative estimate of drug-likeness (QED) is 0.299.